The van der Waals surface area contributed by atoms with Crippen LogP contribution < -0.4 is 0 Å². The SMILES string of the molecule is CC1=Cc2ccc3cccc4c3c2C(=CC1)C=CC4(C)C. The standard InChI is InChI=1S/C21H20/c1-14-7-8-16-11-12-21(2,3)18-6-4-5-15-9-10-17(13-14)19(16)20(15)18/h4-6,8-13H,7H2,1-3H3. The molecular weight excluding hydrogens is 252 g/mol. The van der Waals surface area contributed by atoms with Gasteiger partial charge < -0.3 is 0 Å². The fraction of sp³-hybridized carbons (Fsp3) is 0.238. The molecular formula is C21H20. The maximum atomic E-state index is 2.38. The van der Waals surface area contributed by atoms with Crippen molar-refractivity contribution >= 4 is 22.4 Å². The van der Waals surface area contributed by atoms with Gasteiger partial charge in [-0.3, -0.25) is 0 Å². The number of rotatable bonds is 0. The first-order valence-corrected chi connectivity index (χ1v) is 7.69. The van der Waals surface area contributed by atoms with Crippen LogP contribution in [0, 0.1) is 0 Å². The van der Waals surface area contributed by atoms with Crippen LogP contribution in [0.1, 0.15) is 43.9 Å². The Bertz CT molecular complexity index is 842. The number of hydrogen-bond donors (Lipinski definition) is 0. The van der Waals surface area contributed by atoms with Crippen molar-refractivity contribution in [1.29, 1.82) is 0 Å². The van der Waals surface area contributed by atoms with Crippen LogP contribution in [0.3, 0.4) is 0 Å². The summed E-state index contributed by atoms with van der Waals surface area (Å²) in [6, 6.07) is 11.3. The molecule has 0 fully saturated rings. The predicted octanol–water partition coefficient (Wildman–Crippen LogP) is 5.88. The molecule has 2 aliphatic rings. The highest BCUT2D eigenvalue weighted by Gasteiger charge is 2.26. The summed E-state index contributed by atoms with van der Waals surface area (Å²) < 4.78 is 0. The van der Waals surface area contributed by atoms with Crippen molar-refractivity contribution in [3.05, 3.63) is 70.8 Å². The third kappa shape index (κ3) is 1.82. The Hall–Kier alpha value is -2.08. The van der Waals surface area contributed by atoms with Gasteiger partial charge in [0.2, 0.25) is 0 Å². The summed E-state index contributed by atoms with van der Waals surface area (Å²) in [4.78, 5) is 0. The van der Waals surface area contributed by atoms with Crippen molar-refractivity contribution in [3.8, 4) is 0 Å². The highest BCUT2D eigenvalue weighted by Crippen LogP contribution is 2.42. The normalized spacial score (nSPS) is 18.8. The first-order chi connectivity index (χ1) is 10.1. The van der Waals surface area contributed by atoms with Gasteiger partial charge in [-0.2, -0.15) is 0 Å². The summed E-state index contributed by atoms with van der Waals surface area (Å²) in [6.07, 6.45) is 10.5. The van der Waals surface area contributed by atoms with Crippen molar-refractivity contribution in [1.82, 2.24) is 0 Å². The van der Waals surface area contributed by atoms with Gasteiger partial charge in [-0.05, 0) is 46.4 Å². The Kier molecular flexibility index (Phi) is 2.53. The monoisotopic (exact) mass is 272 g/mol. The minimum atomic E-state index is 0.0699. The molecule has 2 aromatic carbocycles. The summed E-state index contributed by atoms with van der Waals surface area (Å²) in [5, 5.41) is 2.78. The first kappa shape index (κ1) is 12.6. The lowest BCUT2D eigenvalue weighted by Crippen LogP contribution is -2.13. The van der Waals surface area contributed by atoms with Crippen LogP contribution in [0.5, 0.6) is 0 Å². The van der Waals surface area contributed by atoms with E-state index in [-0.39, 0.29) is 5.41 Å². The Morgan fingerprint density at radius 3 is 2.76 bits per heavy atom. The second-order valence-corrected chi connectivity index (χ2v) is 6.84. The van der Waals surface area contributed by atoms with E-state index in [1.165, 1.54) is 38.6 Å². The summed E-state index contributed by atoms with van der Waals surface area (Å²) >= 11 is 0. The van der Waals surface area contributed by atoms with Crippen LogP contribution in [0.2, 0.25) is 0 Å². The largest absolute Gasteiger partial charge is 0.0739 e. The molecule has 4 rings (SSSR count). The van der Waals surface area contributed by atoms with Crippen molar-refractivity contribution in [3.63, 3.8) is 0 Å². The molecule has 0 amide bonds. The second kappa shape index (κ2) is 4.21. The van der Waals surface area contributed by atoms with Crippen LogP contribution in [-0.4, -0.2) is 0 Å². The zero-order chi connectivity index (χ0) is 14.6. The van der Waals surface area contributed by atoms with Crippen LogP contribution in [0.25, 0.3) is 22.4 Å². The maximum Gasteiger partial charge on any atom is 0.00850 e. The van der Waals surface area contributed by atoms with Crippen molar-refractivity contribution in [2.24, 2.45) is 0 Å². The van der Waals surface area contributed by atoms with Crippen LogP contribution in [0.15, 0.2) is 54.1 Å². The lowest BCUT2D eigenvalue weighted by atomic mass is 9.81. The van der Waals surface area contributed by atoms with Crippen molar-refractivity contribution in [2.75, 3.05) is 0 Å². The number of benzene rings is 2. The van der Waals surface area contributed by atoms with E-state index < -0.39 is 0 Å². The summed E-state index contributed by atoms with van der Waals surface area (Å²) in [6.45, 7) is 6.84. The molecule has 0 bridgehead atoms. The molecule has 0 aromatic heterocycles. The van der Waals surface area contributed by atoms with Gasteiger partial charge in [0.1, 0.15) is 0 Å². The van der Waals surface area contributed by atoms with Gasteiger partial charge >= 0.3 is 0 Å². The fourth-order valence-corrected chi connectivity index (χ4v) is 3.60. The third-order valence-electron chi connectivity index (χ3n) is 4.79. The van der Waals surface area contributed by atoms with E-state index in [4.69, 9.17) is 0 Å². The Labute approximate surface area is 126 Å². The van der Waals surface area contributed by atoms with E-state index in [1.54, 1.807) is 0 Å². The molecule has 0 saturated carbocycles. The van der Waals surface area contributed by atoms with Gasteiger partial charge in [0, 0.05) is 5.41 Å². The smallest absolute Gasteiger partial charge is 0.00850 e. The molecule has 0 unspecified atom stereocenters. The molecule has 0 N–H and O–H groups in total. The molecule has 0 atom stereocenters. The third-order valence-corrected chi connectivity index (χ3v) is 4.79. The van der Waals surface area contributed by atoms with Gasteiger partial charge in [-0.25, -0.2) is 0 Å². The van der Waals surface area contributed by atoms with Gasteiger partial charge in [0.05, 0.1) is 0 Å². The molecule has 0 saturated heterocycles. The molecule has 0 aliphatic heterocycles. The topological polar surface area (TPSA) is 0 Å². The fourth-order valence-electron chi connectivity index (χ4n) is 3.60. The van der Waals surface area contributed by atoms with Gasteiger partial charge in [-0.1, -0.05) is 74.1 Å². The minimum Gasteiger partial charge on any atom is -0.0739 e. The Balaban J connectivity index is 2.25. The lowest BCUT2D eigenvalue weighted by molar-refractivity contribution is 0.678. The molecule has 21 heavy (non-hydrogen) atoms. The minimum absolute atomic E-state index is 0.0699. The maximum absolute atomic E-state index is 2.38. The molecule has 0 heteroatoms. The highest BCUT2D eigenvalue weighted by atomic mass is 14.3. The Morgan fingerprint density at radius 1 is 1.05 bits per heavy atom. The summed E-state index contributed by atoms with van der Waals surface area (Å²) in [5.74, 6) is 0. The molecule has 104 valence electrons. The molecule has 0 spiro atoms. The number of allylic oxidation sites excluding steroid dienone is 5. The van der Waals surface area contributed by atoms with Gasteiger partial charge in [-0.15, -0.1) is 0 Å². The van der Waals surface area contributed by atoms with E-state index in [1.807, 2.05) is 0 Å². The van der Waals surface area contributed by atoms with E-state index in [0.717, 1.165) is 6.42 Å². The van der Waals surface area contributed by atoms with E-state index >= 15 is 0 Å². The lowest BCUT2D eigenvalue weighted by Gasteiger charge is -2.22. The quantitative estimate of drug-likeness (QED) is 0.562. The Morgan fingerprint density at radius 2 is 1.90 bits per heavy atom. The average Bonchev–Trinajstić information content (AvgIpc) is 2.69. The zero-order valence-corrected chi connectivity index (χ0v) is 12.9. The molecule has 0 heterocycles. The second-order valence-electron chi connectivity index (χ2n) is 6.84. The van der Waals surface area contributed by atoms with Crippen molar-refractivity contribution in [2.45, 2.75) is 32.6 Å². The van der Waals surface area contributed by atoms with Crippen molar-refractivity contribution < 1.29 is 0 Å². The number of hydrogen-bond acceptors (Lipinski definition) is 0. The molecule has 2 aliphatic carbocycles. The summed E-state index contributed by atoms with van der Waals surface area (Å²) in [7, 11) is 0. The van der Waals surface area contributed by atoms with Gasteiger partial charge in [0.25, 0.3) is 0 Å². The summed E-state index contributed by atoms with van der Waals surface area (Å²) in [5.41, 5.74) is 7.09. The van der Waals surface area contributed by atoms with E-state index in [2.05, 4.69) is 75.4 Å². The molecule has 2 aromatic rings. The van der Waals surface area contributed by atoms with Crippen LogP contribution in [0.4, 0.5) is 0 Å². The van der Waals surface area contributed by atoms with E-state index in [0.29, 0.717) is 0 Å². The average molecular weight is 272 g/mol. The van der Waals surface area contributed by atoms with Gasteiger partial charge in [0.15, 0.2) is 0 Å². The highest BCUT2D eigenvalue weighted by molar-refractivity contribution is 6.03. The van der Waals surface area contributed by atoms with E-state index in [9.17, 15) is 0 Å². The van der Waals surface area contributed by atoms with Crippen LogP contribution in [-0.2, 0) is 5.41 Å². The zero-order valence-electron chi connectivity index (χ0n) is 12.9. The first-order valence-electron chi connectivity index (χ1n) is 7.69. The predicted molar refractivity (Wildman–Crippen MR) is 92.4 cm³/mol. The molecule has 0 radical (unpaired) electrons. The molecule has 0 nitrogen and oxygen atoms in total. The van der Waals surface area contributed by atoms with Crippen LogP contribution >= 0.6 is 0 Å².